The van der Waals surface area contributed by atoms with Crippen LogP contribution in [0.3, 0.4) is 0 Å². The van der Waals surface area contributed by atoms with Gasteiger partial charge in [-0.1, -0.05) is 25.2 Å². The van der Waals surface area contributed by atoms with Crippen LogP contribution < -0.4 is 0 Å². The Bertz CT molecular complexity index is 159. The molecule has 0 aliphatic rings. The highest BCUT2D eigenvalue weighted by Gasteiger charge is 2.11. The average molecular weight is 170 g/mol. The monoisotopic (exact) mass is 170 g/mol. The standard InChI is InChI=1S/C10H18O2/c1-4-10(3,12)7-5-6-9(2)8-11/h4-6,9,11-12H,1,7-8H2,2-3H3/b6-5+. The van der Waals surface area contributed by atoms with Gasteiger partial charge < -0.3 is 10.2 Å². The van der Waals surface area contributed by atoms with Crippen LogP contribution in [0.2, 0.25) is 0 Å². The minimum atomic E-state index is -0.828. The fourth-order valence-corrected chi connectivity index (χ4v) is 0.683. The zero-order valence-corrected chi connectivity index (χ0v) is 7.83. The molecule has 0 aromatic rings. The van der Waals surface area contributed by atoms with E-state index in [4.69, 9.17) is 5.11 Å². The van der Waals surface area contributed by atoms with Gasteiger partial charge in [-0.2, -0.15) is 0 Å². The Kier molecular flexibility index (Phi) is 4.86. The SMILES string of the molecule is C=CC(C)(O)C/C=C/C(C)CO. The van der Waals surface area contributed by atoms with Crippen LogP contribution in [-0.2, 0) is 0 Å². The summed E-state index contributed by atoms with van der Waals surface area (Å²) in [7, 11) is 0. The summed E-state index contributed by atoms with van der Waals surface area (Å²) < 4.78 is 0. The smallest absolute Gasteiger partial charge is 0.0831 e. The molecule has 12 heavy (non-hydrogen) atoms. The lowest BCUT2D eigenvalue weighted by molar-refractivity contribution is 0.115. The minimum Gasteiger partial charge on any atom is -0.396 e. The molecule has 0 bridgehead atoms. The van der Waals surface area contributed by atoms with Crippen LogP contribution in [0.25, 0.3) is 0 Å². The molecule has 0 aromatic carbocycles. The zero-order valence-electron chi connectivity index (χ0n) is 7.83. The molecule has 0 radical (unpaired) electrons. The maximum atomic E-state index is 9.48. The van der Waals surface area contributed by atoms with Gasteiger partial charge in [0.1, 0.15) is 0 Å². The van der Waals surface area contributed by atoms with Gasteiger partial charge in [-0.05, 0) is 19.3 Å². The quantitative estimate of drug-likeness (QED) is 0.614. The Labute approximate surface area is 74.2 Å². The van der Waals surface area contributed by atoms with E-state index in [-0.39, 0.29) is 12.5 Å². The van der Waals surface area contributed by atoms with Crippen LogP contribution >= 0.6 is 0 Å². The summed E-state index contributed by atoms with van der Waals surface area (Å²) in [4.78, 5) is 0. The molecule has 0 aliphatic carbocycles. The second kappa shape index (κ2) is 5.12. The van der Waals surface area contributed by atoms with Crippen molar-refractivity contribution in [2.75, 3.05) is 6.61 Å². The molecule has 0 rings (SSSR count). The van der Waals surface area contributed by atoms with Gasteiger partial charge in [0.2, 0.25) is 0 Å². The number of rotatable bonds is 5. The van der Waals surface area contributed by atoms with Crippen molar-refractivity contribution in [2.45, 2.75) is 25.9 Å². The third-order valence-electron chi connectivity index (χ3n) is 1.72. The number of aliphatic hydroxyl groups is 2. The van der Waals surface area contributed by atoms with Crippen molar-refractivity contribution in [3.05, 3.63) is 24.8 Å². The fraction of sp³-hybridized carbons (Fsp3) is 0.600. The highest BCUT2D eigenvalue weighted by molar-refractivity contribution is 4.99. The topological polar surface area (TPSA) is 40.5 Å². The van der Waals surface area contributed by atoms with Crippen molar-refractivity contribution in [3.8, 4) is 0 Å². The van der Waals surface area contributed by atoms with Crippen LogP contribution in [0, 0.1) is 5.92 Å². The first kappa shape index (κ1) is 11.4. The van der Waals surface area contributed by atoms with E-state index in [1.807, 2.05) is 19.1 Å². The van der Waals surface area contributed by atoms with E-state index < -0.39 is 5.60 Å². The second-order valence-electron chi connectivity index (χ2n) is 3.35. The van der Waals surface area contributed by atoms with E-state index in [2.05, 4.69) is 6.58 Å². The van der Waals surface area contributed by atoms with Crippen LogP contribution in [-0.4, -0.2) is 22.4 Å². The molecule has 70 valence electrons. The summed E-state index contributed by atoms with van der Waals surface area (Å²) >= 11 is 0. The van der Waals surface area contributed by atoms with Gasteiger partial charge in [0.15, 0.2) is 0 Å². The van der Waals surface area contributed by atoms with E-state index >= 15 is 0 Å². The van der Waals surface area contributed by atoms with Crippen molar-refractivity contribution >= 4 is 0 Å². The van der Waals surface area contributed by atoms with Crippen LogP contribution in [0.4, 0.5) is 0 Å². The first-order valence-corrected chi connectivity index (χ1v) is 4.15. The third kappa shape index (κ3) is 5.10. The molecule has 2 unspecified atom stereocenters. The molecular weight excluding hydrogens is 152 g/mol. The molecule has 0 saturated heterocycles. The lowest BCUT2D eigenvalue weighted by Crippen LogP contribution is -2.18. The van der Waals surface area contributed by atoms with Gasteiger partial charge in [0.05, 0.1) is 5.60 Å². The lowest BCUT2D eigenvalue weighted by Gasteiger charge is -2.15. The summed E-state index contributed by atoms with van der Waals surface area (Å²) in [6, 6.07) is 0. The van der Waals surface area contributed by atoms with E-state index in [0.717, 1.165) is 0 Å². The Morgan fingerprint density at radius 3 is 2.58 bits per heavy atom. The molecule has 0 heterocycles. The fourth-order valence-electron chi connectivity index (χ4n) is 0.683. The summed E-state index contributed by atoms with van der Waals surface area (Å²) in [5.41, 5.74) is -0.828. The molecule has 2 atom stereocenters. The van der Waals surface area contributed by atoms with E-state index in [0.29, 0.717) is 6.42 Å². The van der Waals surface area contributed by atoms with Crippen molar-refractivity contribution < 1.29 is 10.2 Å². The highest BCUT2D eigenvalue weighted by Crippen LogP contribution is 2.11. The van der Waals surface area contributed by atoms with Crippen molar-refractivity contribution in [1.82, 2.24) is 0 Å². The summed E-state index contributed by atoms with van der Waals surface area (Å²) in [5.74, 6) is 0.158. The first-order chi connectivity index (χ1) is 5.52. The number of hydrogen-bond donors (Lipinski definition) is 2. The van der Waals surface area contributed by atoms with Gasteiger partial charge in [0.25, 0.3) is 0 Å². The van der Waals surface area contributed by atoms with Crippen LogP contribution in [0.5, 0.6) is 0 Å². The van der Waals surface area contributed by atoms with Gasteiger partial charge in [-0.15, -0.1) is 6.58 Å². The lowest BCUT2D eigenvalue weighted by atomic mass is 10.0. The van der Waals surface area contributed by atoms with Crippen molar-refractivity contribution in [2.24, 2.45) is 5.92 Å². The Balaban J connectivity index is 3.81. The molecule has 0 aliphatic heterocycles. The highest BCUT2D eigenvalue weighted by atomic mass is 16.3. The summed E-state index contributed by atoms with van der Waals surface area (Å²) in [6.45, 7) is 7.28. The molecule has 2 N–H and O–H groups in total. The second-order valence-corrected chi connectivity index (χ2v) is 3.35. The predicted octanol–water partition coefficient (Wildman–Crippen LogP) is 1.50. The molecular formula is C10H18O2. The molecule has 0 spiro atoms. The Morgan fingerprint density at radius 2 is 2.17 bits per heavy atom. The maximum absolute atomic E-state index is 9.48. The van der Waals surface area contributed by atoms with Crippen molar-refractivity contribution in [1.29, 1.82) is 0 Å². The Hall–Kier alpha value is -0.600. The molecule has 0 fully saturated rings. The average Bonchev–Trinajstić information content (AvgIpc) is 2.04. The molecule has 2 heteroatoms. The summed E-state index contributed by atoms with van der Waals surface area (Å²) in [5, 5.41) is 18.2. The van der Waals surface area contributed by atoms with Crippen LogP contribution in [0.1, 0.15) is 20.3 Å². The minimum absolute atomic E-state index is 0.146. The molecule has 2 nitrogen and oxygen atoms in total. The largest absolute Gasteiger partial charge is 0.396 e. The first-order valence-electron chi connectivity index (χ1n) is 4.15. The molecule has 0 aromatic heterocycles. The Morgan fingerprint density at radius 1 is 1.58 bits per heavy atom. The van der Waals surface area contributed by atoms with E-state index in [1.54, 1.807) is 6.92 Å². The van der Waals surface area contributed by atoms with Crippen LogP contribution in [0.15, 0.2) is 24.8 Å². The third-order valence-corrected chi connectivity index (χ3v) is 1.72. The van der Waals surface area contributed by atoms with Crippen molar-refractivity contribution in [3.63, 3.8) is 0 Å². The van der Waals surface area contributed by atoms with Gasteiger partial charge >= 0.3 is 0 Å². The van der Waals surface area contributed by atoms with Gasteiger partial charge in [-0.3, -0.25) is 0 Å². The number of aliphatic hydroxyl groups excluding tert-OH is 1. The maximum Gasteiger partial charge on any atom is 0.0831 e. The molecule has 0 saturated carbocycles. The predicted molar refractivity (Wildman–Crippen MR) is 50.8 cm³/mol. The molecule has 0 amide bonds. The van der Waals surface area contributed by atoms with E-state index in [1.165, 1.54) is 6.08 Å². The summed E-state index contributed by atoms with van der Waals surface area (Å²) in [6.07, 6.45) is 5.81. The van der Waals surface area contributed by atoms with E-state index in [9.17, 15) is 5.11 Å². The zero-order chi connectivity index (χ0) is 9.61. The van der Waals surface area contributed by atoms with Gasteiger partial charge in [0, 0.05) is 6.61 Å². The normalized spacial score (nSPS) is 19.0. The van der Waals surface area contributed by atoms with Gasteiger partial charge in [-0.25, -0.2) is 0 Å². The number of hydrogen-bond acceptors (Lipinski definition) is 2.